The highest BCUT2D eigenvalue weighted by molar-refractivity contribution is 4.62. The Labute approximate surface area is 133 Å². The molecule has 0 unspecified atom stereocenters. The molecule has 0 saturated carbocycles. The Hall–Kier alpha value is -0.160. The molecule has 4 nitrogen and oxygen atoms in total. The third-order valence-corrected chi connectivity index (χ3v) is 4.39. The van der Waals surface area contributed by atoms with Gasteiger partial charge in [-0.05, 0) is 52.2 Å². The summed E-state index contributed by atoms with van der Waals surface area (Å²) in [6, 6.07) is 0. The van der Waals surface area contributed by atoms with Crippen molar-refractivity contribution in [1.29, 1.82) is 0 Å². The maximum absolute atomic E-state index is 3.58. The summed E-state index contributed by atoms with van der Waals surface area (Å²) in [6.07, 6.45) is 1.29. The molecule has 0 bridgehead atoms. The van der Waals surface area contributed by atoms with Crippen LogP contribution in [-0.2, 0) is 0 Å². The summed E-state index contributed by atoms with van der Waals surface area (Å²) >= 11 is 0. The van der Waals surface area contributed by atoms with E-state index in [9.17, 15) is 0 Å². The van der Waals surface area contributed by atoms with Gasteiger partial charge in [-0.3, -0.25) is 0 Å². The van der Waals surface area contributed by atoms with E-state index < -0.39 is 0 Å². The maximum atomic E-state index is 3.58. The van der Waals surface area contributed by atoms with E-state index in [2.05, 4.69) is 54.6 Å². The number of hydrogen-bond acceptors (Lipinski definition) is 4. The van der Waals surface area contributed by atoms with Gasteiger partial charge in [0.2, 0.25) is 0 Å². The van der Waals surface area contributed by atoms with Crippen LogP contribution < -0.4 is 5.32 Å². The highest BCUT2D eigenvalue weighted by atomic mass is 15.2. The van der Waals surface area contributed by atoms with Crippen LogP contribution >= 0.6 is 0 Å². The van der Waals surface area contributed by atoms with Gasteiger partial charge in [0.25, 0.3) is 0 Å². The summed E-state index contributed by atoms with van der Waals surface area (Å²) in [5.74, 6) is 0. The number of rotatable bonds is 15. The van der Waals surface area contributed by atoms with Crippen molar-refractivity contribution in [2.24, 2.45) is 0 Å². The maximum Gasteiger partial charge on any atom is 0.0107 e. The lowest BCUT2D eigenvalue weighted by molar-refractivity contribution is 0.241. The second kappa shape index (κ2) is 14.8. The number of hydrogen-bond donors (Lipinski definition) is 1. The third-order valence-electron chi connectivity index (χ3n) is 4.39. The number of likely N-dealkylation sites (N-methyl/N-ethyl adjacent to an activating group) is 2. The molecule has 4 heteroatoms. The first-order valence-corrected chi connectivity index (χ1v) is 9.09. The molecule has 0 saturated heterocycles. The van der Waals surface area contributed by atoms with E-state index >= 15 is 0 Å². The zero-order valence-corrected chi connectivity index (χ0v) is 15.3. The van der Waals surface area contributed by atoms with Crippen molar-refractivity contribution < 1.29 is 0 Å². The molecule has 0 spiro atoms. The molecule has 0 aliphatic rings. The van der Waals surface area contributed by atoms with E-state index in [1.54, 1.807) is 0 Å². The van der Waals surface area contributed by atoms with Crippen LogP contribution in [0.2, 0.25) is 0 Å². The number of nitrogens with one attached hydrogen (secondary N) is 1. The van der Waals surface area contributed by atoms with Crippen molar-refractivity contribution in [1.82, 2.24) is 20.0 Å². The van der Waals surface area contributed by atoms with Crippen LogP contribution in [0, 0.1) is 0 Å². The topological polar surface area (TPSA) is 21.8 Å². The van der Waals surface area contributed by atoms with Crippen LogP contribution in [0.4, 0.5) is 0 Å². The Kier molecular flexibility index (Phi) is 14.7. The van der Waals surface area contributed by atoms with E-state index in [0.29, 0.717) is 0 Å². The fraction of sp³-hybridized carbons (Fsp3) is 1.00. The Morgan fingerprint density at radius 3 is 1.38 bits per heavy atom. The normalized spacial score (nSPS) is 12.0. The Bertz CT molecular complexity index is 203. The lowest BCUT2D eigenvalue weighted by Gasteiger charge is -2.24. The van der Waals surface area contributed by atoms with Crippen molar-refractivity contribution in [3.8, 4) is 0 Å². The number of nitrogens with zero attached hydrogens (tertiary/aromatic N) is 3. The van der Waals surface area contributed by atoms with Crippen molar-refractivity contribution >= 4 is 0 Å². The molecule has 21 heavy (non-hydrogen) atoms. The van der Waals surface area contributed by atoms with Crippen LogP contribution in [0.3, 0.4) is 0 Å². The van der Waals surface area contributed by atoms with E-state index in [1.165, 1.54) is 45.7 Å². The zero-order valence-electron chi connectivity index (χ0n) is 15.3. The fourth-order valence-electron chi connectivity index (χ4n) is 2.62. The molecule has 0 rings (SSSR count). The molecule has 0 amide bonds. The summed E-state index contributed by atoms with van der Waals surface area (Å²) in [5.41, 5.74) is 0. The van der Waals surface area contributed by atoms with E-state index in [4.69, 9.17) is 0 Å². The molecule has 128 valence electrons. The Morgan fingerprint density at radius 2 is 0.905 bits per heavy atom. The molecule has 0 aromatic carbocycles. The van der Waals surface area contributed by atoms with Gasteiger partial charge in [-0.2, -0.15) is 0 Å². The smallest absolute Gasteiger partial charge is 0.0107 e. The molecule has 0 aromatic heterocycles. The average Bonchev–Trinajstić information content (AvgIpc) is 2.53. The highest BCUT2D eigenvalue weighted by Crippen LogP contribution is 1.95. The second-order valence-electron chi connectivity index (χ2n) is 5.59. The molecule has 0 radical (unpaired) electrons. The standard InChI is InChI=1S/C17H40N4/c1-6-19(7-2)14-11-15-21(10-5)17-13-18-12-16-20(8-3)9-4/h18H,6-17H2,1-5H3. The zero-order chi connectivity index (χ0) is 15.9. The van der Waals surface area contributed by atoms with Crippen LogP contribution in [-0.4, -0.2) is 86.7 Å². The molecule has 0 aliphatic carbocycles. The molecule has 1 N–H and O–H groups in total. The monoisotopic (exact) mass is 300 g/mol. The summed E-state index contributed by atoms with van der Waals surface area (Å²) in [5, 5.41) is 3.58. The minimum absolute atomic E-state index is 1.11. The Morgan fingerprint density at radius 1 is 0.524 bits per heavy atom. The highest BCUT2D eigenvalue weighted by Gasteiger charge is 2.04. The van der Waals surface area contributed by atoms with Gasteiger partial charge in [0.15, 0.2) is 0 Å². The molecule has 0 aromatic rings. The summed E-state index contributed by atoms with van der Waals surface area (Å²) in [7, 11) is 0. The van der Waals surface area contributed by atoms with E-state index in [-0.39, 0.29) is 0 Å². The van der Waals surface area contributed by atoms with Crippen molar-refractivity contribution in [2.75, 3.05) is 72.0 Å². The van der Waals surface area contributed by atoms with Gasteiger partial charge in [-0.25, -0.2) is 0 Å². The van der Waals surface area contributed by atoms with E-state index in [0.717, 1.165) is 32.7 Å². The molecule has 0 aliphatic heterocycles. The van der Waals surface area contributed by atoms with Gasteiger partial charge >= 0.3 is 0 Å². The largest absolute Gasteiger partial charge is 0.314 e. The lowest BCUT2D eigenvalue weighted by atomic mass is 10.3. The first-order chi connectivity index (χ1) is 10.2. The van der Waals surface area contributed by atoms with Gasteiger partial charge in [0.05, 0.1) is 0 Å². The van der Waals surface area contributed by atoms with Gasteiger partial charge in [0.1, 0.15) is 0 Å². The molecular weight excluding hydrogens is 260 g/mol. The average molecular weight is 301 g/mol. The van der Waals surface area contributed by atoms with Crippen molar-refractivity contribution in [2.45, 2.75) is 41.0 Å². The fourth-order valence-corrected chi connectivity index (χ4v) is 2.62. The van der Waals surface area contributed by atoms with Crippen molar-refractivity contribution in [3.05, 3.63) is 0 Å². The van der Waals surface area contributed by atoms with Crippen LogP contribution in [0.25, 0.3) is 0 Å². The first kappa shape index (κ1) is 20.8. The Balaban J connectivity index is 3.61. The quantitative estimate of drug-likeness (QED) is 0.467. The lowest BCUT2D eigenvalue weighted by Crippen LogP contribution is -2.37. The summed E-state index contributed by atoms with van der Waals surface area (Å²) < 4.78 is 0. The summed E-state index contributed by atoms with van der Waals surface area (Å²) in [6.45, 7) is 24.1. The third kappa shape index (κ3) is 11.1. The predicted octanol–water partition coefficient (Wildman–Crippen LogP) is 1.97. The molecule has 0 atom stereocenters. The minimum atomic E-state index is 1.11. The van der Waals surface area contributed by atoms with Gasteiger partial charge in [-0.1, -0.05) is 34.6 Å². The SMILES string of the molecule is CCN(CC)CCCN(CC)CCNCCN(CC)CC. The molecule has 0 heterocycles. The van der Waals surface area contributed by atoms with E-state index in [1.807, 2.05) is 0 Å². The van der Waals surface area contributed by atoms with Crippen LogP contribution in [0.15, 0.2) is 0 Å². The minimum Gasteiger partial charge on any atom is -0.314 e. The first-order valence-electron chi connectivity index (χ1n) is 9.09. The molecular formula is C17H40N4. The van der Waals surface area contributed by atoms with Crippen LogP contribution in [0.5, 0.6) is 0 Å². The summed E-state index contributed by atoms with van der Waals surface area (Å²) in [4.78, 5) is 7.54. The van der Waals surface area contributed by atoms with Gasteiger partial charge in [0, 0.05) is 26.2 Å². The van der Waals surface area contributed by atoms with Gasteiger partial charge in [-0.15, -0.1) is 0 Å². The molecule has 0 fully saturated rings. The van der Waals surface area contributed by atoms with Gasteiger partial charge < -0.3 is 20.0 Å². The van der Waals surface area contributed by atoms with Crippen molar-refractivity contribution in [3.63, 3.8) is 0 Å². The van der Waals surface area contributed by atoms with Crippen LogP contribution in [0.1, 0.15) is 41.0 Å². The predicted molar refractivity (Wildman–Crippen MR) is 95.2 cm³/mol. The second-order valence-corrected chi connectivity index (χ2v) is 5.59.